The lowest BCUT2D eigenvalue weighted by Gasteiger charge is -2.27. The van der Waals surface area contributed by atoms with Crippen LogP contribution >= 0.6 is 0 Å². The molecule has 0 aliphatic heterocycles. The predicted molar refractivity (Wildman–Crippen MR) is 376 cm³/mol. The van der Waals surface area contributed by atoms with E-state index in [1.165, 1.54) is 66.8 Å². The normalized spacial score (nSPS) is 15.4. The van der Waals surface area contributed by atoms with Gasteiger partial charge >= 0.3 is 0 Å². The van der Waals surface area contributed by atoms with E-state index in [-0.39, 0.29) is 40.9 Å². The molecule has 4 heteroatoms. The Morgan fingerprint density at radius 2 is 0.511 bits per heavy atom. The maximum atomic E-state index is 5.28. The Kier molecular flexibility index (Phi) is 14.6. The lowest BCUT2D eigenvalue weighted by atomic mass is 9.77. The van der Waals surface area contributed by atoms with E-state index in [4.69, 9.17) is 15.0 Å². The van der Waals surface area contributed by atoms with E-state index in [2.05, 4.69) is 323 Å². The van der Waals surface area contributed by atoms with Crippen LogP contribution in [0.2, 0.25) is 0 Å². The Balaban J connectivity index is 0.00000754. The van der Waals surface area contributed by atoms with Gasteiger partial charge in [0.15, 0.2) is 0 Å². The molecule has 3 heterocycles. The van der Waals surface area contributed by atoms with Crippen LogP contribution in [-0.4, -0.2) is 23.4 Å². The monoisotopic (exact) mass is 1140 g/mol. The molecule has 0 saturated carbocycles. The van der Waals surface area contributed by atoms with Crippen LogP contribution in [0.5, 0.6) is 0 Å². The number of pyridine rings is 3. The molecule has 7 aromatic carbocycles. The lowest BCUT2D eigenvalue weighted by molar-refractivity contribution is 0.586. The molecular formula is C84H81BN3. The van der Waals surface area contributed by atoms with Gasteiger partial charge in [0.25, 0.3) is 0 Å². The van der Waals surface area contributed by atoms with Gasteiger partial charge in [-0.15, -0.1) is 0 Å². The molecule has 10 aromatic rings. The molecule has 0 saturated heterocycles. The standard InChI is InChI=1S/C84H81N3.B/c1-79(2,3)61-34-28-52-43-73(82(10,11)70(52)46-61)76-37-31-55(49-85-76)64-22-16-19-25-67(64)58-40-59(68-26-20-17-23-65(68)56-32-38-77(86-50-56)74-44-53-29-35-62(80(4,5)6)47-71(53)83(74,12)13)42-60(41-58)69-27-21-18-24-66(69)57-33-39-78(87-51-57)75-45-54-30-36-63(81(7,8)9)48-72(54)84(75,14)15;/h16-51H,1-15H3;. The summed E-state index contributed by atoms with van der Waals surface area (Å²) in [5.41, 5.74) is 31.7. The zero-order valence-corrected chi connectivity index (χ0v) is 54.2. The Hall–Kier alpha value is -8.73. The maximum absolute atomic E-state index is 5.28. The largest absolute Gasteiger partial charge is 0.256 e. The van der Waals surface area contributed by atoms with Crippen LogP contribution < -0.4 is 0 Å². The fourth-order valence-corrected chi connectivity index (χ4v) is 13.9. The highest BCUT2D eigenvalue weighted by Gasteiger charge is 2.38. The van der Waals surface area contributed by atoms with Crippen LogP contribution in [0.1, 0.15) is 171 Å². The highest BCUT2D eigenvalue weighted by atomic mass is 14.7. The van der Waals surface area contributed by atoms with Crippen molar-refractivity contribution in [1.82, 2.24) is 15.0 Å². The van der Waals surface area contributed by atoms with E-state index in [0.717, 1.165) is 83.8 Å². The Labute approximate surface area is 526 Å². The van der Waals surface area contributed by atoms with Crippen molar-refractivity contribution in [2.75, 3.05) is 0 Å². The second-order valence-corrected chi connectivity index (χ2v) is 29.4. The SMILES string of the molecule is CC(C)(C)c1ccc2c(c1)C(C)(C)C(c1ccc(-c3ccccc3-c3cc(-c4ccccc4-c4ccc(C5=Cc6ccc(C(C)(C)C)cc6C5(C)C)nc4)cc(-c4ccccc4-c4ccc(C5=Cc6ccc(C(C)(C)C)cc6C5(C)C)nc4)c3)cn1)=C2.[B]. The number of fused-ring (bicyclic) bond motifs is 3. The molecule has 3 nitrogen and oxygen atoms in total. The topological polar surface area (TPSA) is 38.7 Å². The average Bonchev–Trinajstić information content (AvgIpc) is 1.86. The first-order valence-electron chi connectivity index (χ1n) is 31.2. The number of hydrogen-bond acceptors (Lipinski definition) is 3. The number of allylic oxidation sites excluding steroid dienone is 3. The van der Waals surface area contributed by atoms with Crippen LogP contribution in [0.15, 0.2) is 201 Å². The predicted octanol–water partition coefficient (Wildman–Crippen LogP) is 21.9. The fourth-order valence-electron chi connectivity index (χ4n) is 13.9. The number of nitrogens with zero attached hydrogens (tertiary/aromatic N) is 3. The van der Waals surface area contributed by atoms with E-state index in [1.807, 2.05) is 0 Å². The fraction of sp³-hybridized carbons (Fsp3) is 0.250. The van der Waals surface area contributed by atoms with Crippen molar-refractivity contribution < 1.29 is 0 Å². The molecular weight excluding hydrogens is 1060 g/mol. The second kappa shape index (κ2) is 21.5. The Morgan fingerprint density at radius 3 is 0.727 bits per heavy atom. The molecule has 0 bridgehead atoms. The molecule has 435 valence electrons. The average molecular weight is 1140 g/mol. The molecule has 3 aliphatic carbocycles. The summed E-state index contributed by atoms with van der Waals surface area (Å²) in [7, 11) is 0. The molecule has 0 unspecified atom stereocenters. The van der Waals surface area contributed by atoms with Gasteiger partial charge in [0.1, 0.15) is 0 Å². The van der Waals surface area contributed by atoms with Crippen LogP contribution in [0.3, 0.4) is 0 Å². The zero-order chi connectivity index (χ0) is 61.2. The van der Waals surface area contributed by atoms with Crippen molar-refractivity contribution in [3.05, 3.63) is 268 Å². The van der Waals surface area contributed by atoms with Crippen LogP contribution in [-0.2, 0) is 32.5 Å². The minimum atomic E-state index is -0.190. The van der Waals surface area contributed by atoms with Crippen molar-refractivity contribution in [2.24, 2.45) is 0 Å². The van der Waals surface area contributed by atoms with E-state index in [9.17, 15) is 0 Å². The van der Waals surface area contributed by atoms with Crippen molar-refractivity contribution in [2.45, 2.75) is 136 Å². The molecule has 3 radical (unpaired) electrons. The van der Waals surface area contributed by atoms with Crippen molar-refractivity contribution in [1.29, 1.82) is 0 Å². The molecule has 0 amide bonds. The number of hydrogen-bond donors (Lipinski definition) is 0. The third kappa shape index (κ3) is 10.5. The second-order valence-electron chi connectivity index (χ2n) is 29.4. The molecule has 13 rings (SSSR count). The van der Waals surface area contributed by atoms with Crippen LogP contribution in [0.4, 0.5) is 0 Å². The van der Waals surface area contributed by atoms with Gasteiger partial charge in [-0.25, -0.2) is 0 Å². The summed E-state index contributed by atoms with van der Waals surface area (Å²) in [4.78, 5) is 15.8. The molecule has 0 N–H and O–H groups in total. The van der Waals surface area contributed by atoms with Gasteiger partial charge in [-0.05, 0) is 188 Å². The van der Waals surface area contributed by atoms with E-state index >= 15 is 0 Å². The van der Waals surface area contributed by atoms with Gasteiger partial charge in [-0.2, -0.15) is 0 Å². The molecule has 0 fully saturated rings. The number of aromatic nitrogens is 3. The van der Waals surface area contributed by atoms with Gasteiger partial charge < -0.3 is 0 Å². The number of benzene rings is 7. The van der Waals surface area contributed by atoms with Gasteiger partial charge in [0.2, 0.25) is 0 Å². The van der Waals surface area contributed by atoms with Crippen LogP contribution in [0.25, 0.3) is 102 Å². The summed E-state index contributed by atoms with van der Waals surface area (Å²) in [5.74, 6) is 0. The zero-order valence-electron chi connectivity index (χ0n) is 54.2. The minimum Gasteiger partial charge on any atom is -0.256 e. The first kappa shape index (κ1) is 59.6. The highest BCUT2D eigenvalue weighted by Crippen LogP contribution is 2.51. The summed E-state index contributed by atoms with van der Waals surface area (Å²) < 4.78 is 0. The summed E-state index contributed by atoms with van der Waals surface area (Å²) in [6.07, 6.45) is 13.3. The molecule has 0 spiro atoms. The first-order chi connectivity index (χ1) is 41.2. The van der Waals surface area contributed by atoms with Gasteiger partial charge in [0.05, 0.1) is 17.1 Å². The molecule has 3 aromatic heterocycles. The Morgan fingerprint density at radius 1 is 0.273 bits per heavy atom. The Bertz CT molecular complexity index is 4010. The van der Waals surface area contributed by atoms with E-state index in [0.29, 0.717) is 0 Å². The maximum Gasteiger partial charge on any atom is 0.0671 e. The van der Waals surface area contributed by atoms with E-state index < -0.39 is 0 Å². The van der Waals surface area contributed by atoms with Gasteiger partial charge in [-0.1, -0.05) is 249 Å². The first-order valence-corrected chi connectivity index (χ1v) is 31.2. The summed E-state index contributed by atoms with van der Waals surface area (Å²) in [5, 5.41) is 0. The van der Waals surface area contributed by atoms with Crippen molar-refractivity contribution >= 4 is 43.4 Å². The van der Waals surface area contributed by atoms with Gasteiger partial charge in [-0.3, -0.25) is 15.0 Å². The highest BCUT2D eigenvalue weighted by molar-refractivity contribution is 5.98. The van der Waals surface area contributed by atoms with E-state index in [1.54, 1.807) is 0 Å². The van der Waals surface area contributed by atoms with Gasteiger partial charge in [0, 0.05) is 59.9 Å². The number of rotatable bonds is 9. The molecule has 3 aliphatic rings. The van der Waals surface area contributed by atoms with Crippen LogP contribution in [0, 0.1) is 0 Å². The quantitative estimate of drug-likeness (QED) is 0.135. The smallest absolute Gasteiger partial charge is 0.0671 e. The third-order valence-corrected chi connectivity index (χ3v) is 19.4. The lowest BCUT2D eigenvalue weighted by Crippen LogP contribution is -2.19. The summed E-state index contributed by atoms with van der Waals surface area (Å²) in [6.45, 7) is 34.7. The summed E-state index contributed by atoms with van der Waals surface area (Å²) in [6, 6.07) is 68.1. The minimum absolute atomic E-state index is 0. The summed E-state index contributed by atoms with van der Waals surface area (Å²) >= 11 is 0. The third-order valence-electron chi connectivity index (χ3n) is 19.4. The molecule has 88 heavy (non-hydrogen) atoms. The van der Waals surface area contributed by atoms with Crippen molar-refractivity contribution in [3.63, 3.8) is 0 Å². The van der Waals surface area contributed by atoms with Crippen molar-refractivity contribution in [3.8, 4) is 66.8 Å². The molecule has 0 atom stereocenters.